The van der Waals surface area contributed by atoms with Gasteiger partial charge in [-0.25, -0.2) is 4.79 Å². The van der Waals surface area contributed by atoms with Gasteiger partial charge in [-0.15, -0.1) is 11.3 Å². The minimum absolute atomic E-state index is 0.146. The topological polar surface area (TPSA) is 66.8 Å². The summed E-state index contributed by atoms with van der Waals surface area (Å²) < 4.78 is 5.26. The van der Waals surface area contributed by atoms with Crippen molar-refractivity contribution in [2.75, 3.05) is 13.2 Å². The van der Waals surface area contributed by atoms with Gasteiger partial charge in [0, 0.05) is 16.3 Å². The standard InChI is InChI=1S/C14H19NO4S/c1-8(2)6-15-11(16)7-19-13(14(17)18)12(15)10-5-4-9(3)20-10/h4-5,8,12-13H,6-7H2,1-3H3,(H,17,18). The molecule has 0 aromatic carbocycles. The molecule has 1 fully saturated rings. The van der Waals surface area contributed by atoms with Crippen LogP contribution in [0.2, 0.25) is 0 Å². The van der Waals surface area contributed by atoms with Crippen LogP contribution in [-0.4, -0.2) is 41.1 Å². The van der Waals surface area contributed by atoms with E-state index < -0.39 is 18.1 Å². The molecule has 1 aliphatic heterocycles. The van der Waals surface area contributed by atoms with Crippen molar-refractivity contribution in [3.8, 4) is 0 Å². The highest BCUT2D eigenvalue weighted by atomic mass is 32.1. The molecule has 2 atom stereocenters. The lowest BCUT2D eigenvalue weighted by atomic mass is 10.0. The van der Waals surface area contributed by atoms with E-state index in [0.29, 0.717) is 6.54 Å². The number of aliphatic carboxylic acids is 1. The number of hydrogen-bond donors (Lipinski definition) is 1. The molecule has 2 heterocycles. The van der Waals surface area contributed by atoms with Crippen molar-refractivity contribution in [1.82, 2.24) is 4.90 Å². The molecule has 110 valence electrons. The number of aryl methyl sites for hydroxylation is 1. The van der Waals surface area contributed by atoms with Crippen LogP contribution in [0.15, 0.2) is 12.1 Å². The highest BCUT2D eigenvalue weighted by molar-refractivity contribution is 7.12. The second-order valence-corrected chi connectivity index (χ2v) is 6.72. The maximum absolute atomic E-state index is 12.1. The summed E-state index contributed by atoms with van der Waals surface area (Å²) in [6.45, 7) is 6.35. The summed E-state index contributed by atoms with van der Waals surface area (Å²) in [5, 5.41) is 9.36. The van der Waals surface area contributed by atoms with Crippen molar-refractivity contribution >= 4 is 23.2 Å². The molecule has 1 aromatic rings. The van der Waals surface area contributed by atoms with Crippen LogP contribution in [0, 0.1) is 12.8 Å². The Morgan fingerprint density at radius 2 is 2.25 bits per heavy atom. The summed E-state index contributed by atoms with van der Waals surface area (Å²) >= 11 is 1.51. The number of morpholine rings is 1. The zero-order chi connectivity index (χ0) is 14.9. The third-order valence-corrected chi connectivity index (χ3v) is 4.26. The summed E-state index contributed by atoms with van der Waals surface area (Å²) in [4.78, 5) is 27.1. The first kappa shape index (κ1) is 15.0. The Kier molecular flexibility index (Phi) is 4.45. The van der Waals surface area contributed by atoms with E-state index in [4.69, 9.17) is 4.74 Å². The highest BCUT2D eigenvalue weighted by Crippen LogP contribution is 2.35. The minimum Gasteiger partial charge on any atom is -0.479 e. The summed E-state index contributed by atoms with van der Waals surface area (Å²) in [6, 6.07) is 3.29. The number of rotatable bonds is 4. The predicted molar refractivity (Wildman–Crippen MR) is 75.7 cm³/mol. The second-order valence-electron chi connectivity index (χ2n) is 5.40. The first-order valence-corrected chi connectivity index (χ1v) is 7.42. The molecule has 20 heavy (non-hydrogen) atoms. The number of nitrogens with zero attached hydrogens (tertiary/aromatic N) is 1. The molecule has 1 amide bonds. The third-order valence-electron chi connectivity index (χ3n) is 3.19. The average molecular weight is 297 g/mol. The van der Waals surface area contributed by atoms with Crippen LogP contribution >= 0.6 is 11.3 Å². The van der Waals surface area contributed by atoms with Crippen molar-refractivity contribution in [1.29, 1.82) is 0 Å². The van der Waals surface area contributed by atoms with Gasteiger partial charge in [0.2, 0.25) is 5.91 Å². The van der Waals surface area contributed by atoms with Crippen LogP contribution in [0.5, 0.6) is 0 Å². The van der Waals surface area contributed by atoms with E-state index in [1.165, 1.54) is 11.3 Å². The highest BCUT2D eigenvalue weighted by Gasteiger charge is 2.42. The molecule has 0 radical (unpaired) electrons. The van der Waals surface area contributed by atoms with Crippen molar-refractivity contribution in [2.45, 2.75) is 32.9 Å². The number of thiophene rings is 1. The van der Waals surface area contributed by atoms with E-state index in [2.05, 4.69) is 0 Å². The second kappa shape index (κ2) is 5.93. The van der Waals surface area contributed by atoms with Gasteiger partial charge < -0.3 is 14.7 Å². The molecule has 0 aliphatic carbocycles. The van der Waals surface area contributed by atoms with Gasteiger partial charge in [0.15, 0.2) is 6.10 Å². The average Bonchev–Trinajstić information content (AvgIpc) is 2.77. The molecule has 1 aromatic heterocycles. The van der Waals surface area contributed by atoms with Crippen LogP contribution in [0.1, 0.15) is 29.6 Å². The molecule has 1 N–H and O–H groups in total. The van der Waals surface area contributed by atoms with E-state index in [0.717, 1.165) is 9.75 Å². The molecule has 2 rings (SSSR count). The zero-order valence-electron chi connectivity index (χ0n) is 11.8. The van der Waals surface area contributed by atoms with Gasteiger partial charge in [-0.3, -0.25) is 4.79 Å². The van der Waals surface area contributed by atoms with Crippen molar-refractivity contribution in [3.63, 3.8) is 0 Å². The molecule has 1 aliphatic rings. The van der Waals surface area contributed by atoms with Gasteiger partial charge in [-0.2, -0.15) is 0 Å². The maximum atomic E-state index is 12.1. The van der Waals surface area contributed by atoms with Gasteiger partial charge in [-0.1, -0.05) is 13.8 Å². The summed E-state index contributed by atoms with van der Waals surface area (Å²) in [6.07, 6.45) is -0.996. The van der Waals surface area contributed by atoms with E-state index >= 15 is 0 Å². The van der Waals surface area contributed by atoms with Crippen LogP contribution in [0.3, 0.4) is 0 Å². The molecule has 1 saturated heterocycles. The lowest BCUT2D eigenvalue weighted by molar-refractivity contribution is -0.173. The lowest BCUT2D eigenvalue weighted by Crippen LogP contribution is -2.52. The molecule has 6 heteroatoms. The molecule has 0 bridgehead atoms. The summed E-state index contributed by atoms with van der Waals surface area (Å²) in [5.74, 6) is -0.899. The van der Waals surface area contributed by atoms with Crippen LogP contribution in [0.4, 0.5) is 0 Å². The fraction of sp³-hybridized carbons (Fsp3) is 0.571. The fourth-order valence-electron chi connectivity index (χ4n) is 2.38. The first-order chi connectivity index (χ1) is 9.40. The number of carboxylic acids is 1. The number of amides is 1. The number of ether oxygens (including phenoxy) is 1. The Balaban J connectivity index is 2.38. The van der Waals surface area contributed by atoms with Gasteiger partial charge in [-0.05, 0) is 25.0 Å². The molecule has 0 spiro atoms. The number of carbonyl (C=O) groups excluding carboxylic acids is 1. The SMILES string of the molecule is Cc1ccc(C2C(C(=O)O)OCC(=O)N2CC(C)C)s1. The largest absolute Gasteiger partial charge is 0.479 e. The molecule has 0 saturated carbocycles. The van der Waals surface area contributed by atoms with Gasteiger partial charge in [0.25, 0.3) is 0 Å². The van der Waals surface area contributed by atoms with Crippen LogP contribution < -0.4 is 0 Å². The zero-order valence-corrected chi connectivity index (χ0v) is 12.6. The normalized spacial score (nSPS) is 23.4. The van der Waals surface area contributed by atoms with Gasteiger partial charge >= 0.3 is 5.97 Å². The van der Waals surface area contributed by atoms with E-state index in [-0.39, 0.29) is 18.4 Å². The number of carboxylic acid groups (broad SMARTS) is 1. The number of hydrogen-bond acceptors (Lipinski definition) is 4. The molecule has 2 unspecified atom stereocenters. The van der Waals surface area contributed by atoms with Crippen LogP contribution in [0.25, 0.3) is 0 Å². The predicted octanol–water partition coefficient (Wildman–Crippen LogP) is 2.07. The van der Waals surface area contributed by atoms with E-state index in [1.54, 1.807) is 4.90 Å². The van der Waals surface area contributed by atoms with Crippen molar-refractivity contribution < 1.29 is 19.4 Å². The van der Waals surface area contributed by atoms with E-state index in [1.807, 2.05) is 32.9 Å². The fourth-order valence-corrected chi connectivity index (χ4v) is 3.40. The smallest absolute Gasteiger partial charge is 0.335 e. The Morgan fingerprint density at radius 1 is 1.55 bits per heavy atom. The number of carbonyl (C=O) groups is 2. The Hall–Kier alpha value is -1.40. The Morgan fingerprint density at radius 3 is 2.75 bits per heavy atom. The summed E-state index contributed by atoms with van der Waals surface area (Å²) in [7, 11) is 0. The Bertz CT molecular complexity index is 511. The lowest BCUT2D eigenvalue weighted by Gasteiger charge is -2.39. The Labute approximate surface area is 122 Å². The van der Waals surface area contributed by atoms with Crippen LogP contribution in [-0.2, 0) is 14.3 Å². The minimum atomic E-state index is -1.03. The monoisotopic (exact) mass is 297 g/mol. The maximum Gasteiger partial charge on any atom is 0.335 e. The van der Waals surface area contributed by atoms with Crippen molar-refractivity contribution in [3.05, 3.63) is 21.9 Å². The third kappa shape index (κ3) is 3.02. The summed E-state index contributed by atoms with van der Waals surface area (Å²) in [5.41, 5.74) is 0. The first-order valence-electron chi connectivity index (χ1n) is 6.60. The van der Waals surface area contributed by atoms with E-state index in [9.17, 15) is 14.7 Å². The van der Waals surface area contributed by atoms with Gasteiger partial charge in [0.05, 0.1) is 0 Å². The molecular formula is C14H19NO4S. The molecule has 5 nitrogen and oxygen atoms in total. The quantitative estimate of drug-likeness (QED) is 0.924. The van der Waals surface area contributed by atoms with Gasteiger partial charge in [0.1, 0.15) is 12.6 Å². The van der Waals surface area contributed by atoms with Crippen molar-refractivity contribution in [2.24, 2.45) is 5.92 Å². The molecular weight excluding hydrogens is 278 g/mol.